The molecule has 0 spiro atoms. The Balaban J connectivity index is 2.37. The van der Waals surface area contributed by atoms with E-state index >= 15 is 0 Å². The van der Waals surface area contributed by atoms with Gasteiger partial charge in [0.2, 0.25) is 0 Å². The fourth-order valence-electron chi connectivity index (χ4n) is 2.04. The van der Waals surface area contributed by atoms with Crippen LogP contribution in [0.5, 0.6) is 0 Å². The highest BCUT2D eigenvalue weighted by molar-refractivity contribution is 9.09. The van der Waals surface area contributed by atoms with Crippen molar-refractivity contribution in [2.45, 2.75) is 12.8 Å². The summed E-state index contributed by atoms with van der Waals surface area (Å²) in [6.45, 7) is 4.25. The van der Waals surface area contributed by atoms with Crippen molar-refractivity contribution in [1.82, 2.24) is 4.90 Å². The van der Waals surface area contributed by atoms with Crippen molar-refractivity contribution in [3.8, 4) is 0 Å². The molecule has 0 atom stereocenters. The van der Waals surface area contributed by atoms with E-state index < -0.39 is 0 Å². The lowest BCUT2D eigenvalue weighted by Gasteiger charge is -2.38. The van der Waals surface area contributed by atoms with Gasteiger partial charge >= 0.3 is 0 Å². The highest BCUT2D eigenvalue weighted by Gasteiger charge is 2.32. The molecule has 0 aromatic rings. The summed E-state index contributed by atoms with van der Waals surface area (Å²) in [5.74, 6) is 1.23. The highest BCUT2D eigenvalue weighted by Crippen LogP contribution is 2.33. The Bertz CT molecular complexity index is 174. The maximum absolute atomic E-state index is 5.45. The zero-order chi connectivity index (χ0) is 11.1. The molecule has 1 aliphatic rings. The van der Waals surface area contributed by atoms with Crippen LogP contribution in [-0.4, -0.2) is 55.6 Å². The molecule has 0 unspecified atom stereocenters. The average molecular weight is 296 g/mol. The van der Waals surface area contributed by atoms with Crippen LogP contribution in [0, 0.1) is 5.41 Å². The first-order valence-corrected chi connectivity index (χ1v) is 8.05. The lowest BCUT2D eigenvalue weighted by atomic mass is 9.82. The van der Waals surface area contributed by atoms with Crippen LogP contribution in [0.15, 0.2) is 0 Å². The highest BCUT2D eigenvalue weighted by atomic mass is 79.9. The predicted molar refractivity (Wildman–Crippen MR) is 72.2 cm³/mol. The van der Waals surface area contributed by atoms with E-state index in [1.165, 1.54) is 31.7 Å². The molecular weight excluding hydrogens is 274 g/mol. The van der Waals surface area contributed by atoms with Gasteiger partial charge in [0.15, 0.2) is 0 Å². The third-order valence-electron chi connectivity index (χ3n) is 3.12. The second-order valence-corrected chi connectivity index (χ2v) is 6.02. The summed E-state index contributed by atoms with van der Waals surface area (Å²) in [5.41, 5.74) is 0.450. The van der Waals surface area contributed by atoms with Gasteiger partial charge in [0.1, 0.15) is 0 Å². The van der Waals surface area contributed by atoms with Crippen LogP contribution in [0.2, 0.25) is 0 Å². The Morgan fingerprint density at radius 3 is 2.60 bits per heavy atom. The van der Waals surface area contributed by atoms with Crippen molar-refractivity contribution in [1.29, 1.82) is 0 Å². The van der Waals surface area contributed by atoms with Gasteiger partial charge < -0.3 is 9.64 Å². The van der Waals surface area contributed by atoms with Gasteiger partial charge in [-0.05, 0) is 31.6 Å². The van der Waals surface area contributed by atoms with E-state index in [2.05, 4.69) is 34.1 Å². The predicted octanol–water partition coefficient (Wildman–Crippen LogP) is 2.47. The molecule has 0 radical (unpaired) electrons. The van der Waals surface area contributed by atoms with Crippen molar-refractivity contribution >= 4 is 27.7 Å². The zero-order valence-corrected chi connectivity index (χ0v) is 12.2. The van der Waals surface area contributed by atoms with Crippen LogP contribution in [0.1, 0.15) is 12.8 Å². The fraction of sp³-hybridized carbons (Fsp3) is 1.00. The molecule has 1 heterocycles. The fourth-order valence-corrected chi connectivity index (χ4v) is 3.27. The summed E-state index contributed by atoms with van der Waals surface area (Å²) in [6.07, 6.45) is 4.56. The minimum atomic E-state index is 0.450. The third-order valence-corrected chi connectivity index (χ3v) is 4.90. The van der Waals surface area contributed by atoms with Crippen molar-refractivity contribution in [2.75, 3.05) is 50.7 Å². The average Bonchev–Trinajstić information content (AvgIpc) is 2.27. The number of ether oxygens (including phenoxy) is 1. The normalized spacial score (nSPS) is 20.8. The van der Waals surface area contributed by atoms with Gasteiger partial charge in [-0.1, -0.05) is 15.9 Å². The minimum Gasteiger partial charge on any atom is -0.381 e. The number of thioether (sulfide) groups is 1. The van der Waals surface area contributed by atoms with Gasteiger partial charge in [0, 0.05) is 37.4 Å². The van der Waals surface area contributed by atoms with Crippen molar-refractivity contribution in [3.63, 3.8) is 0 Å². The standard InChI is InChI=1S/C11H22BrNOS/c1-13(5-8-15-2)10-11(9-12)3-6-14-7-4-11/h3-10H2,1-2H3. The molecule has 2 nitrogen and oxygen atoms in total. The first-order chi connectivity index (χ1) is 7.22. The van der Waals surface area contributed by atoms with E-state index in [0.717, 1.165) is 18.5 Å². The summed E-state index contributed by atoms with van der Waals surface area (Å²) in [5, 5.41) is 1.10. The molecule has 0 amide bonds. The maximum atomic E-state index is 5.45. The minimum absolute atomic E-state index is 0.450. The Morgan fingerprint density at radius 1 is 1.40 bits per heavy atom. The number of hydrogen-bond acceptors (Lipinski definition) is 3. The number of alkyl halides is 1. The van der Waals surface area contributed by atoms with Gasteiger partial charge in [0.05, 0.1) is 0 Å². The van der Waals surface area contributed by atoms with Crippen LogP contribution in [0.4, 0.5) is 0 Å². The number of rotatable bonds is 6. The van der Waals surface area contributed by atoms with Gasteiger partial charge in [0.25, 0.3) is 0 Å². The van der Waals surface area contributed by atoms with Crippen LogP contribution in [0.25, 0.3) is 0 Å². The van der Waals surface area contributed by atoms with Crippen LogP contribution in [0.3, 0.4) is 0 Å². The maximum Gasteiger partial charge on any atom is 0.0472 e. The van der Waals surface area contributed by atoms with Crippen molar-refractivity contribution in [3.05, 3.63) is 0 Å². The van der Waals surface area contributed by atoms with Gasteiger partial charge in [-0.2, -0.15) is 11.8 Å². The van der Waals surface area contributed by atoms with Gasteiger partial charge in [-0.25, -0.2) is 0 Å². The summed E-state index contributed by atoms with van der Waals surface area (Å²) in [7, 11) is 2.23. The third kappa shape index (κ3) is 4.63. The molecular formula is C11H22BrNOS. The van der Waals surface area contributed by atoms with Gasteiger partial charge in [-0.3, -0.25) is 0 Å². The molecule has 1 aliphatic heterocycles. The molecule has 1 saturated heterocycles. The molecule has 0 aromatic heterocycles. The summed E-state index contributed by atoms with van der Waals surface area (Å²) >= 11 is 5.60. The number of halogens is 1. The lowest BCUT2D eigenvalue weighted by Crippen LogP contribution is -2.41. The molecule has 1 fully saturated rings. The molecule has 0 bridgehead atoms. The molecule has 1 rings (SSSR count). The molecule has 0 saturated carbocycles. The molecule has 15 heavy (non-hydrogen) atoms. The van der Waals surface area contributed by atoms with Crippen molar-refractivity contribution in [2.24, 2.45) is 5.41 Å². The smallest absolute Gasteiger partial charge is 0.0472 e. The number of nitrogens with zero attached hydrogens (tertiary/aromatic N) is 1. The van der Waals surface area contributed by atoms with Crippen LogP contribution >= 0.6 is 27.7 Å². The van der Waals surface area contributed by atoms with E-state index in [1.807, 2.05) is 11.8 Å². The quantitative estimate of drug-likeness (QED) is 0.699. The van der Waals surface area contributed by atoms with E-state index in [0.29, 0.717) is 5.41 Å². The summed E-state index contributed by atoms with van der Waals surface area (Å²) < 4.78 is 5.45. The first-order valence-electron chi connectivity index (χ1n) is 5.54. The van der Waals surface area contributed by atoms with Gasteiger partial charge in [-0.15, -0.1) is 0 Å². The van der Waals surface area contributed by atoms with Crippen LogP contribution < -0.4 is 0 Å². The topological polar surface area (TPSA) is 12.5 Å². The Labute approximate surface area is 106 Å². The summed E-state index contributed by atoms with van der Waals surface area (Å²) in [4.78, 5) is 2.46. The first kappa shape index (κ1) is 13.8. The van der Waals surface area contributed by atoms with E-state index in [9.17, 15) is 0 Å². The summed E-state index contributed by atoms with van der Waals surface area (Å²) in [6, 6.07) is 0. The van der Waals surface area contributed by atoms with Crippen LogP contribution in [-0.2, 0) is 4.74 Å². The molecule has 0 aromatic carbocycles. The number of hydrogen-bond donors (Lipinski definition) is 0. The Morgan fingerprint density at radius 2 is 2.07 bits per heavy atom. The molecule has 0 aliphatic carbocycles. The van der Waals surface area contributed by atoms with E-state index in [-0.39, 0.29) is 0 Å². The van der Waals surface area contributed by atoms with E-state index in [4.69, 9.17) is 4.74 Å². The molecule has 0 N–H and O–H groups in total. The largest absolute Gasteiger partial charge is 0.381 e. The molecule has 90 valence electrons. The second-order valence-electron chi connectivity index (χ2n) is 4.48. The lowest BCUT2D eigenvalue weighted by molar-refractivity contribution is 0.0128. The molecule has 4 heteroatoms. The second kappa shape index (κ2) is 7.15. The SMILES string of the molecule is CSCCN(C)CC1(CBr)CCOCC1. The Hall–Kier alpha value is 0.750. The van der Waals surface area contributed by atoms with E-state index in [1.54, 1.807) is 0 Å². The zero-order valence-electron chi connectivity index (χ0n) is 9.80. The Kier molecular flexibility index (Phi) is 6.58. The van der Waals surface area contributed by atoms with Crippen molar-refractivity contribution < 1.29 is 4.74 Å². The monoisotopic (exact) mass is 295 g/mol.